The molecule has 1 aromatic carbocycles. The maximum absolute atomic E-state index is 14.2. The van der Waals surface area contributed by atoms with Crippen molar-refractivity contribution in [2.75, 3.05) is 10.6 Å². The van der Waals surface area contributed by atoms with E-state index in [2.05, 4.69) is 44.6 Å². The predicted molar refractivity (Wildman–Crippen MR) is 96.1 cm³/mol. The average Bonchev–Trinajstić information content (AvgIpc) is 2.59. The number of hydrogen-bond acceptors (Lipinski definition) is 5. The zero-order valence-electron chi connectivity index (χ0n) is 14.8. The number of carbonyl (C=O) groups excluding carboxylic acids is 1. The summed E-state index contributed by atoms with van der Waals surface area (Å²) < 4.78 is 14.2. The summed E-state index contributed by atoms with van der Waals surface area (Å²) in [4.78, 5) is 22.9. The first-order valence-electron chi connectivity index (χ1n) is 8.38. The molecule has 0 aliphatic rings. The normalized spacial score (nSPS) is 12.5. The molecule has 2 rings (SSSR count). The van der Waals surface area contributed by atoms with Crippen molar-refractivity contribution in [3.63, 3.8) is 0 Å². The van der Waals surface area contributed by atoms with Crippen molar-refractivity contribution < 1.29 is 9.18 Å². The van der Waals surface area contributed by atoms with Gasteiger partial charge in [-0.3, -0.25) is 10.1 Å². The molecular weight excluding hydrogens is 321 g/mol. The van der Waals surface area contributed by atoms with Gasteiger partial charge in [-0.05, 0) is 38.7 Å². The van der Waals surface area contributed by atoms with Crippen molar-refractivity contribution in [3.8, 4) is 0 Å². The third kappa shape index (κ3) is 5.77. The van der Waals surface area contributed by atoms with Gasteiger partial charge in [0.05, 0.1) is 0 Å². The van der Waals surface area contributed by atoms with Gasteiger partial charge in [-0.2, -0.15) is 15.0 Å². The number of hydrogen-bond donors (Lipinski definition) is 2. The number of alkyl halides is 1. The molecule has 25 heavy (non-hydrogen) atoms. The predicted octanol–water partition coefficient (Wildman–Crippen LogP) is 3.47. The molecule has 0 aliphatic heterocycles. The van der Waals surface area contributed by atoms with Crippen LogP contribution in [0.5, 0.6) is 0 Å². The molecule has 0 aliphatic carbocycles. The average molecular weight is 345 g/mol. The number of nitrogens with one attached hydrogen (secondary N) is 2. The molecule has 0 saturated heterocycles. The fourth-order valence-corrected chi connectivity index (χ4v) is 2.37. The minimum Gasteiger partial charge on any atom is -0.351 e. The minimum absolute atomic E-state index is 0.0211. The first kappa shape index (κ1) is 18.8. The van der Waals surface area contributed by atoms with Gasteiger partial charge >= 0.3 is 0 Å². The second-order valence-corrected chi connectivity index (χ2v) is 6.31. The topological polar surface area (TPSA) is 79.8 Å². The molecule has 2 N–H and O–H groups in total. The highest BCUT2D eigenvalue weighted by molar-refractivity contribution is 5.67. The fraction of sp³-hybridized carbons (Fsp3) is 0.444. The van der Waals surface area contributed by atoms with Crippen LogP contribution in [0.3, 0.4) is 0 Å². The van der Waals surface area contributed by atoms with E-state index in [1.54, 1.807) is 0 Å². The zero-order chi connectivity index (χ0) is 18.3. The maximum Gasteiger partial charge on any atom is 0.234 e. The Morgan fingerprint density at radius 3 is 2.44 bits per heavy atom. The molecule has 1 atom stereocenters. The van der Waals surface area contributed by atoms with E-state index >= 15 is 0 Å². The Balaban J connectivity index is 2.12. The number of rotatable bonds is 9. The standard InChI is InChI=1S/C18H24FN5O/c1-4-14(11-10-13-8-6-5-7-9-13)21-17-23-15(18(2,3)19)22-16(24-17)20-12-25/h5-9,12,14H,4,10-11H2,1-3H3,(H2,20,21,22,23,24,25)/t14-/m1/s1. The number of benzene rings is 1. The van der Waals surface area contributed by atoms with Crippen LogP contribution in [-0.4, -0.2) is 27.4 Å². The SMILES string of the molecule is CC[C@H](CCc1ccccc1)Nc1nc(NC=O)nc(C(C)(C)F)n1. The molecule has 1 heterocycles. The van der Waals surface area contributed by atoms with Crippen molar-refractivity contribution in [2.24, 2.45) is 0 Å². The molecule has 7 heteroatoms. The van der Waals surface area contributed by atoms with Gasteiger partial charge in [0, 0.05) is 6.04 Å². The van der Waals surface area contributed by atoms with Gasteiger partial charge in [0.2, 0.25) is 18.3 Å². The van der Waals surface area contributed by atoms with Gasteiger partial charge in [0.25, 0.3) is 0 Å². The Bertz CT molecular complexity index is 688. The fourth-order valence-electron chi connectivity index (χ4n) is 2.37. The van der Waals surface area contributed by atoms with E-state index in [1.165, 1.54) is 19.4 Å². The van der Waals surface area contributed by atoms with Crippen LogP contribution in [0, 0.1) is 0 Å². The highest BCUT2D eigenvalue weighted by Crippen LogP contribution is 2.23. The third-order valence-corrected chi connectivity index (χ3v) is 3.81. The van der Waals surface area contributed by atoms with Crippen LogP contribution >= 0.6 is 0 Å². The Labute approximate surface area is 147 Å². The first-order chi connectivity index (χ1) is 11.9. The summed E-state index contributed by atoms with van der Waals surface area (Å²) in [6.45, 7) is 4.79. The van der Waals surface area contributed by atoms with Crippen molar-refractivity contribution >= 4 is 18.3 Å². The van der Waals surface area contributed by atoms with E-state index < -0.39 is 5.67 Å². The number of carbonyl (C=O) groups is 1. The van der Waals surface area contributed by atoms with Crippen LogP contribution in [0.15, 0.2) is 30.3 Å². The quantitative estimate of drug-likeness (QED) is 0.680. The van der Waals surface area contributed by atoms with Crippen molar-refractivity contribution in [2.45, 2.75) is 51.7 Å². The Kier molecular flexibility index (Phi) is 6.38. The molecular formula is C18H24FN5O. The van der Waals surface area contributed by atoms with Crippen LogP contribution in [0.1, 0.15) is 45.0 Å². The summed E-state index contributed by atoms with van der Waals surface area (Å²) in [7, 11) is 0. The summed E-state index contributed by atoms with van der Waals surface area (Å²) in [5.41, 5.74) is -0.475. The lowest BCUT2D eigenvalue weighted by Crippen LogP contribution is -2.24. The lowest BCUT2D eigenvalue weighted by molar-refractivity contribution is -0.105. The minimum atomic E-state index is -1.73. The van der Waals surface area contributed by atoms with E-state index in [0.717, 1.165) is 19.3 Å². The number of anilines is 2. The smallest absolute Gasteiger partial charge is 0.234 e. The van der Waals surface area contributed by atoms with Crippen molar-refractivity contribution in [1.82, 2.24) is 15.0 Å². The largest absolute Gasteiger partial charge is 0.351 e. The van der Waals surface area contributed by atoms with Crippen LogP contribution < -0.4 is 10.6 Å². The molecule has 0 radical (unpaired) electrons. The van der Waals surface area contributed by atoms with Gasteiger partial charge in [0.1, 0.15) is 0 Å². The van der Waals surface area contributed by atoms with Gasteiger partial charge in [-0.25, -0.2) is 4.39 Å². The third-order valence-electron chi connectivity index (χ3n) is 3.81. The van der Waals surface area contributed by atoms with Crippen LogP contribution in [-0.2, 0) is 16.9 Å². The summed E-state index contributed by atoms with van der Waals surface area (Å²) >= 11 is 0. The second kappa shape index (κ2) is 8.50. The molecule has 2 aromatic rings. The molecule has 0 fully saturated rings. The summed E-state index contributed by atoms with van der Waals surface area (Å²) in [5.74, 6) is 0.276. The molecule has 0 saturated carbocycles. The maximum atomic E-state index is 14.2. The monoisotopic (exact) mass is 345 g/mol. The lowest BCUT2D eigenvalue weighted by Gasteiger charge is -2.19. The van der Waals surface area contributed by atoms with E-state index in [4.69, 9.17) is 0 Å². The number of aromatic nitrogens is 3. The zero-order valence-corrected chi connectivity index (χ0v) is 14.8. The van der Waals surface area contributed by atoms with Gasteiger partial charge in [0.15, 0.2) is 11.5 Å². The van der Waals surface area contributed by atoms with E-state index in [-0.39, 0.29) is 23.8 Å². The molecule has 1 amide bonds. The molecule has 6 nitrogen and oxygen atoms in total. The molecule has 0 unspecified atom stereocenters. The summed E-state index contributed by atoms with van der Waals surface area (Å²) in [6, 6.07) is 10.3. The number of halogens is 1. The lowest BCUT2D eigenvalue weighted by atomic mass is 10.0. The highest BCUT2D eigenvalue weighted by atomic mass is 19.1. The van der Waals surface area contributed by atoms with E-state index in [1.807, 2.05) is 18.2 Å². The Hall–Kier alpha value is -2.57. The molecule has 1 aromatic heterocycles. The first-order valence-corrected chi connectivity index (χ1v) is 8.38. The molecule has 0 spiro atoms. The van der Waals surface area contributed by atoms with Gasteiger partial charge in [-0.15, -0.1) is 0 Å². The van der Waals surface area contributed by atoms with Gasteiger partial charge in [-0.1, -0.05) is 37.3 Å². The Morgan fingerprint density at radius 1 is 1.16 bits per heavy atom. The molecule has 134 valence electrons. The number of amides is 1. The van der Waals surface area contributed by atoms with Crippen LogP contribution in [0.4, 0.5) is 16.3 Å². The highest BCUT2D eigenvalue weighted by Gasteiger charge is 2.25. The van der Waals surface area contributed by atoms with Crippen molar-refractivity contribution in [1.29, 1.82) is 0 Å². The van der Waals surface area contributed by atoms with E-state index in [0.29, 0.717) is 6.41 Å². The Morgan fingerprint density at radius 2 is 1.84 bits per heavy atom. The second-order valence-electron chi connectivity index (χ2n) is 6.31. The molecule has 0 bridgehead atoms. The number of aryl methyl sites for hydroxylation is 1. The van der Waals surface area contributed by atoms with Crippen LogP contribution in [0.25, 0.3) is 0 Å². The summed E-state index contributed by atoms with van der Waals surface area (Å²) in [5, 5.41) is 5.59. The van der Waals surface area contributed by atoms with Gasteiger partial charge < -0.3 is 5.32 Å². The van der Waals surface area contributed by atoms with E-state index in [9.17, 15) is 9.18 Å². The van der Waals surface area contributed by atoms with Crippen LogP contribution in [0.2, 0.25) is 0 Å². The van der Waals surface area contributed by atoms with Crippen molar-refractivity contribution in [3.05, 3.63) is 41.7 Å². The summed E-state index contributed by atoms with van der Waals surface area (Å²) in [6.07, 6.45) is 3.12. The number of nitrogens with zero attached hydrogens (tertiary/aromatic N) is 3.